The molecule has 6 nitrogen and oxygen atoms in total. The van der Waals surface area contributed by atoms with E-state index in [-0.39, 0.29) is 24.8 Å². The highest BCUT2D eigenvalue weighted by molar-refractivity contribution is 6.30. The number of amides is 1. The molecule has 0 unspecified atom stereocenters. The number of β-amino-alcohol motifs (C(OH)–C–C–N with tert-alkyl or cyclic N) is 1. The number of aliphatic hydroxyl groups is 1. The van der Waals surface area contributed by atoms with Crippen LogP contribution in [0, 0.1) is 0 Å². The molecule has 7 heteroatoms. The lowest BCUT2D eigenvalue weighted by atomic mass is 10.0. The molecule has 1 aliphatic heterocycles. The molecule has 25 heavy (non-hydrogen) atoms. The minimum Gasteiger partial charge on any atom is -0.391 e. The van der Waals surface area contributed by atoms with E-state index in [2.05, 4.69) is 4.98 Å². The fourth-order valence-corrected chi connectivity index (χ4v) is 3.23. The number of ketones is 1. The summed E-state index contributed by atoms with van der Waals surface area (Å²) < 4.78 is 1.66. The molecule has 1 aromatic carbocycles. The second kappa shape index (κ2) is 7.80. The molecule has 132 valence electrons. The second-order valence-electron chi connectivity index (χ2n) is 6.28. The van der Waals surface area contributed by atoms with Crippen molar-refractivity contribution in [3.63, 3.8) is 0 Å². The van der Waals surface area contributed by atoms with Crippen LogP contribution in [-0.4, -0.2) is 49.9 Å². The van der Waals surface area contributed by atoms with Gasteiger partial charge in [-0.1, -0.05) is 23.7 Å². The molecule has 0 spiro atoms. The molecular weight excluding hydrogens is 342 g/mol. The predicted octanol–water partition coefficient (Wildman–Crippen LogP) is 1.70. The van der Waals surface area contributed by atoms with Crippen molar-refractivity contribution in [3.05, 3.63) is 53.6 Å². The predicted molar refractivity (Wildman–Crippen MR) is 93.1 cm³/mol. The van der Waals surface area contributed by atoms with Crippen molar-refractivity contribution in [2.75, 3.05) is 6.54 Å². The molecule has 0 radical (unpaired) electrons. The van der Waals surface area contributed by atoms with E-state index in [4.69, 9.17) is 11.6 Å². The third kappa shape index (κ3) is 4.46. The van der Waals surface area contributed by atoms with Gasteiger partial charge in [0.1, 0.15) is 6.54 Å². The SMILES string of the molecule is O=C(CCc1ccc(Cl)cc1)[C@@H]1C[C@@H](O)CN1C(=O)Cn1ccnc1. The first-order valence-electron chi connectivity index (χ1n) is 8.23. The number of imidazole rings is 1. The summed E-state index contributed by atoms with van der Waals surface area (Å²) in [6.07, 6.45) is 5.41. The first kappa shape index (κ1) is 17.6. The lowest BCUT2D eigenvalue weighted by Crippen LogP contribution is -2.42. The first-order chi connectivity index (χ1) is 12.0. The van der Waals surface area contributed by atoms with Crippen LogP contribution < -0.4 is 0 Å². The maximum atomic E-state index is 12.6. The van der Waals surface area contributed by atoms with Gasteiger partial charge in [-0.2, -0.15) is 0 Å². The maximum absolute atomic E-state index is 12.6. The number of halogens is 1. The average molecular weight is 362 g/mol. The highest BCUT2D eigenvalue weighted by atomic mass is 35.5. The zero-order chi connectivity index (χ0) is 17.8. The molecule has 1 aliphatic rings. The summed E-state index contributed by atoms with van der Waals surface area (Å²) in [6, 6.07) is 6.81. The minimum absolute atomic E-state index is 0.0227. The number of likely N-dealkylation sites (tertiary alicyclic amines) is 1. The molecule has 2 atom stereocenters. The van der Waals surface area contributed by atoms with E-state index >= 15 is 0 Å². The molecule has 0 bridgehead atoms. The Morgan fingerprint density at radius 3 is 2.72 bits per heavy atom. The number of carbonyl (C=O) groups excluding carboxylic acids is 2. The Balaban J connectivity index is 1.61. The summed E-state index contributed by atoms with van der Waals surface area (Å²) in [4.78, 5) is 30.5. The van der Waals surface area contributed by atoms with E-state index in [0.29, 0.717) is 24.3 Å². The number of aromatic nitrogens is 2. The lowest BCUT2D eigenvalue weighted by Gasteiger charge is -2.23. The van der Waals surface area contributed by atoms with E-state index in [1.165, 1.54) is 4.90 Å². The number of nitrogens with zero attached hydrogens (tertiary/aromatic N) is 3. The summed E-state index contributed by atoms with van der Waals surface area (Å²) in [6.45, 7) is 0.318. The van der Waals surface area contributed by atoms with Crippen LogP contribution in [0.1, 0.15) is 18.4 Å². The topological polar surface area (TPSA) is 75.4 Å². The number of hydrogen-bond donors (Lipinski definition) is 1. The van der Waals surface area contributed by atoms with Gasteiger partial charge in [-0.3, -0.25) is 9.59 Å². The van der Waals surface area contributed by atoms with Crippen LogP contribution >= 0.6 is 11.6 Å². The highest BCUT2D eigenvalue weighted by Gasteiger charge is 2.38. The molecule has 1 fully saturated rings. The molecule has 1 amide bonds. The van der Waals surface area contributed by atoms with Crippen molar-refractivity contribution >= 4 is 23.3 Å². The van der Waals surface area contributed by atoms with Gasteiger partial charge in [0.2, 0.25) is 5.91 Å². The number of hydrogen-bond acceptors (Lipinski definition) is 4. The Hall–Kier alpha value is -2.18. The summed E-state index contributed by atoms with van der Waals surface area (Å²) in [5, 5.41) is 10.6. The number of benzene rings is 1. The first-order valence-corrected chi connectivity index (χ1v) is 8.61. The van der Waals surface area contributed by atoms with Gasteiger partial charge in [0.25, 0.3) is 0 Å². The number of carbonyl (C=O) groups is 2. The summed E-state index contributed by atoms with van der Waals surface area (Å²) >= 11 is 5.86. The summed E-state index contributed by atoms with van der Waals surface area (Å²) in [5.74, 6) is -0.204. The highest BCUT2D eigenvalue weighted by Crippen LogP contribution is 2.21. The third-order valence-electron chi connectivity index (χ3n) is 4.42. The fraction of sp³-hybridized carbons (Fsp3) is 0.389. The monoisotopic (exact) mass is 361 g/mol. The quantitative estimate of drug-likeness (QED) is 0.849. The van der Waals surface area contributed by atoms with Crippen molar-refractivity contribution in [2.45, 2.75) is 38.0 Å². The van der Waals surface area contributed by atoms with E-state index < -0.39 is 12.1 Å². The summed E-state index contributed by atoms with van der Waals surface area (Å²) in [7, 11) is 0. The Kier molecular flexibility index (Phi) is 5.50. The van der Waals surface area contributed by atoms with Crippen LogP contribution in [0.25, 0.3) is 0 Å². The molecule has 1 aromatic heterocycles. The maximum Gasteiger partial charge on any atom is 0.243 e. The Morgan fingerprint density at radius 2 is 2.04 bits per heavy atom. The molecule has 0 saturated carbocycles. The van der Waals surface area contributed by atoms with Gasteiger partial charge >= 0.3 is 0 Å². The van der Waals surface area contributed by atoms with Crippen LogP contribution in [0.15, 0.2) is 43.0 Å². The lowest BCUT2D eigenvalue weighted by molar-refractivity contribution is -0.138. The Labute approximate surface area is 151 Å². The van der Waals surface area contributed by atoms with Gasteiger partial charge < -0.3 is 14.6 Å². The van der Waals surface area contributed by atoms with Gasteiger partial charge in [0.15, 0.2) is 5.78 Å². The van der Waals surface area contributed by atoms with E-state index in [9.17, 15) is 14.7 Å². The number of rotatable bonds is 6. The van der Waals surface area contributed by atoms with Crippen LogP contribution in [0.3, 0.4) is 0 Å². The van der Waals surface area contributed by atoms with E-state index in [0.717, 1.165) is 5.56 Å². The standard InChI is InChI=1S/C18H20ClN3O3/c19-14-4-1-13(2-5-14)3-6-17(24)16-9-15(23)10-22(16)18(25)11-21-8-7-20-12-21/h1-2,4-5,7-8,12,15-16,23H,3,6,9-11H2/t15-,16+/m1/s1. The minimum atomic E-state index is -0.656. The van der Waals surface area contributed by atoms with Gasteiger partial charge in [-0.25, -0.2) is 4.98 Å². The van der Waals surface area contributed by atoms with Crippen molar-refractivity contribution in [3.8, 4) is 0 Å². The van der Waals surface area contributed by atoms with Gasteiger partial charge in [0, 0.05) is 36.8 Å². The van der Waals surface area contributed by atoms with Gasteiger partial charge in [0.05, 0.1) is 18.5 Å². The van der Waals surface area contributed by atoms with Crippen molar-refractivity contribution in [1.29, 1.82) is 0 Å². The van der Waals surface area contributed by atoms with Crippen LogP contribution in [0.5, 0.6) is 0 Å². The number of aryl methyl sites for hydroxylation is 1. The molecule has 1 saturated heterocycles. The molecule has 2 aromatic rings. The normalized spacial score (nSPS) is 20.0. The second-order valence-corrected chi connectivity index (χ2v) is 6.72. The van der Waals surface area contributed by atoms with Gasteiger partial charge in [-0.05, 0) is 24.1 Å². The van der Waals surface area contributed by atoms with Crippen molar-refractivity contribution in [2.24, 2.45) is 0 Å². The smallest absolute Gasteiger partial charge is 0.243 e. The molecule has 3 rings (SSSR count). The third-order valence-corrected chi connectivity index (χ3v) is 4.67. The summed E-state index contributed by atoms with van der Waals surface area (Å²) in [5.41, 5.74) is 1.02. The largest absolute Gasteiger partial charge is 0.391 e. The van der Waals surface area contributed by atoms with Crippen molar-refractivity contribution < 1.29 is 14.7 Å². The zero-order valence-electron chi connectivity index (χ0n) is 13.7. The average Bonchev–Trinajstić information content (AvgIpc) is 3.23. The van der Waals surface area contributed by atoms with Crippen molar-refractivity contribution in [1.82, 2.24) is 14.5 Å². The molecule has 1 N–H and O–H groups in total. The van der Waals surface area contributed by atoms with Gasteiger partial charge in [-0.15, -0.1) is 0 Å². The van der Waals surface area contributed by atoms with E-state index in [1.807, 2.05) is 12.1 Å². The van der Waals surface area contributed by atoms with E-state index in [1.54, 1.807) is 35.4 Å². The van der Waals surface area contributed by atoms with Crippen LogP contribution in [-0.2, 0) is 22.6 Å². The molecule has 2 heterocycles. The number of Topliss-reactive ketones (excluding diaryl/α,β-unsaturated/α-hetero) is 1. The Bertz CT molecular complexity index is 731. The molecule has 0 aliphatic carbocycles. The molecular formula is C18H20ClN3O3. The van der Waals surface area contributed by atoms with Crippen LogP contribution in [0.2, 0.25) is 5.02 Å². The van der Waals surface area contributed by atoms with Crippen LogP contribution in [0.4, 0.5) is 0 Å². The fourth-order valence-electron chi connectivity index (χ4n) is 3.11. The number of aliphatic hydroxyl groups excluding tert-OH is 1. The zero-order valence-corrected chi connectivity index (χ0v) is 14.5. The Morgan fingerprint density at radius 1 is 1.28 bits per heavy atom.